The van der Waals surface area contributed by atoms with Gasteiger partial charge in [-0.1, -0.05) is 61.4 Å². The molecule has 1 unspecified atom stereocenters. The molecule has 1 atom stereocenters. The Labute approximate surface area is 158 Å². The second-order valence-electron chi connectivity index (χ2n) is 6.76. The molecule has 27 heavy (non-hydrogen) atoms. The maximum Gasteiger partial charge on any atom is 0.325 e. The van der Waals surface area contributed by atoms with Crippen LogP contribution in [0, 0.1) is 6.92 Å². The molecule has 6 nitrogen and oxygen atoms in total. The lowest BCUT2D eigenvalue weighted by Gasteiger charge is -2.26. The summed E-state index contributed by atoms with van der Waals surface area (Å²) in [5, 5.41) is 5.54. The SMILES string of the molecule is CCCC1(c2ccccc2)NC(=O)N(CC(=O)Nc2ccc(C)cc2)C1=O. The van der Waals surface area contributed by atoms with Gasteiger partial charge in [-0.15, -0.1) is 0 Å². The van der Waals surface area contributed by atoms with Crippen LogP contribution in [0.3, 0.4) is 0 Å². The molecule has 2 N–H and O–H groups in total. The standard InChI is InChI=1S/C21H23N3O3/c1-3-13-21(16-7-5-4-6-8-16)19(26)24(20(27)23-21)14-18(25)22-17-11-9-15(2)10-12-17/h4-12H,3,13-14H2,1-2H3,(H,22,25)(H,23,27). The Hall–Kier alpha value is -3.15. The highest BCUT2D eigenvalue weighted by Gasteiger charge is 2.52. The molecule has 3 rings (SSSR count). The average Bonchev–Trinajstić information content (AvgIpc) is 2.90. The molecule has 0 bridgehead atoms. The summed E-state index contributed by atoms with van der Waals surface area (Å²) in [4.78, 5) is 39.0. The fourth-order valence-corrected chi connectivity index (χ4v) is 3.36. The molecule has 1 fully saturated rings. The zero-order valence-corrected chi connectivity index (χ0v) is 15.5. The van der Waals surface area contributed by atoms with Gasteiger partial charge in [0.25, 0.3) is 5.91 Å². The van der Waals surface area contributed by atoms with Crippen molar-refractivity contribution in [1.82, 2.24) is 10.2 Å². The van der Waals surface area contributed by atoms with Gasteiger partial charge in [0, 0.05) is 5.69 Å². The van der Waals surface area contributed by atoms with E-state index in [-0.39, 0.29) is 12.5 Å². The minimum absolute atomic E-state index is 0.323. The molecular weight excluding hydrogens is 342 g/mol. The zero-order valence-electron chi connectivity index (χ0n) is 15.5. The molecule has 0 saturated carbocycles. The van der Waals surface area contributed by atoms with E-state index in [2.05, 4.69) is 10.6 Å². The van der Waals surface area contributed by atoms with Gasteiger partial charge < -0.3 is 10.6 Å². The molecule has 0 aromatic heterocycles. The van der Waals surface area contributed by atoms with Crippen molar-refractivity contribution >= 4 is 23.5 Å². The number of carbonyl (C=O) groups excluding carboxylic acids is 3. The Kier molecular flexibility index (Phi) is 5.26. The Bertz CT molecular complexity index is 849. The first-order valence-corrected chi connectivity index (χ1v) is 9.02. The van der Waals surface area contributed by atoms with Crippen LogP contribution in [-0.4, -0.2) is 29.3 Å². The lowest BCUT2D eigenvalue weighted by Crippen LogP contribution is -2.44. The first-order chi connectivity index (χ1) is 13.0. The minimum atomic E-state index is -1.11. The first kappa shape index (κ1) is 18.6. The summed E-state index contributed by atoms with van der Waals surface area (Å²) >= 11 is 0. The van der Waals surface area contributed by atoms with E-state index in [9.17, 15) is 14.4 Å². The Morgan fingerprint density at radius 3 is 2.37 bits per heavy atom. The Morgan fingerprint density at radius 2 is 1.74 bits per heavy atom. The van der Waals surface area contributed by atoms with Gasteiger partial charge in [-0.3, -0.25) is 14.5 Å². The van der Waals surface area contributed by atoms with Crippen molar-refractivity contribution in [3.63, 3.8) is 0 Å². The number of benzene rings is 2. The van der Waals surface area contributed by atoms with Crippen LogP contribution < -0.4 is 10.6 Å². The van der Waals surface area contributed by atoms with Gasteiger partial charge in [0.05, 0.1) is 0 Å². The molecule has 0 radical (unpaired) electrons. The lowest BCUT2D eigenvalue weighted by molar-refractivity contribution is -0.134. The molecule has 4 amide bonds. The maximum absolute atomic E-state index is 13.1. The van der Waals surface area contributed by atoms with Crippen LogP contribution >= 0.6 is 0 Å². The number of hydrogen-bond acceptors (Lipinski definition) is 3. The number of urea groups is 1. The highest BCUT2D eigenvalue weighted by molar-refractivity contribution is 6.10. The second-order valence-corrected chi connectivity index (χ2v) is 6.76. The van der Waals surface area contributed by atoms with Crippen molar-refractivity contribution in [2.24, 2.45) is 0 Å². The first-order valence-electron chi connectivity index (χ1n) is 9.02. The molecule has 0 spiro atoms. The van der Waals surface area contributed by atoms with E-state index in [1.807, 2.05) is 56.3 Å². The summed E-state index contributed by atoms with van der Waals surface area (Å²) in [5.41, 5.74) is 1.32. The second kappa shape index (κ2) is 7.61. The lowest BCUT2D eigenvalue weighted by atomic mass is 9.85. The third kappa shape index (κ3) is 3.69. The van der Waals surface area contributed by atoms with Gasteiger partial charge >= 0.3 is 6.03 Å². The number of amides is 4. The number of anilines is 1. The summed E-state index contributed by atoms with van der Waals surface area (Å²) in [6, 6.07) is 15.9. The third-order valence-electron chi connectivity index (χ3n) is 4.70. The molecule has 2 aromatic carbocycles. The minimum Gasteiger partial charge on any atom is -0.325 e. The Morgan fingerprint density at radius 1 is 1.07 bits per heavy atom. The van der Waals surface area contributed by atoms with E-state index in [0.29, 0.717) is 18.5 Å². The predicted molar refractivity (Wildman–Crippen MR) is 103 cm³/mol. The molecule has 2 aromatic rings. The van der Waals surface area contributed by atoms with E-state index in [0.717, 1.165) is 16.0 Å². The zero-order chi connectivity index (χ0) is 19.4. The molecule has 0 aliphatic carbocycles. The van der Waals surface area contributed by atoms with Crippen LogP contribution in [0.1, 0.15) is 30.9 Å². The van der Waals surface area contributed by atoms with E-state index >= 15 is 0 Å². The van der Waals surface area contributed by atoms with Crippen LogP contribution in [0.25, 0.3) is 0 Å². The van der Waals surface area contributed by atoms with Crippen molar-refractivity contribution in [1.29, 1.82) is 0 Å². The van der Waals surface area contributed by atoms with Crippen molar-refractivity contribution in [3.05, 3.63) is 65.7 Å². The number of nitrogens with one attached hydrogen (secondary N) is 2. The number of rotatable bonds is 6. The summed E-state index contributed by atoms with van der Waals surface area (Å²) < 4.78 is 0. The van der Waals surface area contributed by atoms with Gasteiger partial charge in [0.2, 0.25) is 5.91 Å². The maximum atomic E-state index is 13.1. The van der Waals surface area contributed by atoms with Crippen LogP contribution in [0.15, 0.2) is 54.6 Å². The van der Waals surface area contributed by atoms with Gasteiger partial charge in [0.15, 0.2) is 0 Å². The predicted octanol–water partition coefficient (Wildman–Crippen LogP) is 3.18. The van der Waals surface area contributed by atoms with Crippen LogP contribution in [-0.2, 0) is 15.1 Å². The summed E-state index contributed by atoms with van der Waals surface area (Å²) in [6.07, 6.45) is 1.18. The molecule has 6 heteroatoms. The molecule has 1 aliphatic rings. The summed E-state index contributed by atoms with van der Waals surface area (Å²) in [7, 11) is 0. The fraction of sp³-hybridized carbons (Fsp3) is 0.286. The van der Waals surface area contributed by atoms with Gasteiger partial charge in [0.1, 0.15) is 12.1 Å². The quantitative estimate of drug-likeness (QED) is 0.772. The van der Waals surface area contributed by atoms with Crippen molar-refractivity contribution in [3.8, 4) is 0 Å². The smallest absolute Gasteiger partial charge is 0.325 e. The summed E-state index contributed by atoms with van der Waals surface area (Å²) in [6.45, 7) is 3.59. The molecule has 140 valence electrons. The number of nitrogens with zero attached hydrogens (tertiary/aromatic N) is 1. The number of hydrogen-bond donors (Lipinski definition) is 2. The van der Waals surface area contributed by atoms with Gasteiger partial charge in [-0.2, -0.15) is 0 Å². The van der Waals surface area contributed by atoms with Gasteiger partial charge in [-0.25, -0.2) is 4.79 Å². The van der Waals surface area contributed by atoms with E-state index in [1.54, 1.807) is 12.1 Å². The third-order valence-corrected chi connectivity index (χ3v) is 4.70. The Balaban J connectivity index is 1.78. The van der Waals surface area contributed by atoms with Crippen molar-refractivity contribution < 1.29 is 14.4 Å². The topological polar surface area (TPSA) is 78.5 Å². The number of carbonyl (C=O) groups is 3. The van der Waals surface area contributed by atoms with Crippen molar-refractivity contribution in [2.75, 3.05) is 11.9 Å². The monoisotopic (exact) mass is 365 g/mol. The highest BCUT2D eigenvalue weighted by atomic mass is 16.2. The van der Waals surface area contributed by atoms with E-state index < -0.39 is 17.5 Å². The van der Waals surface area contributed by atoms with Crippen LogP contribution in [0.4, 0.5) is 10.5 Å². The average molecular weight is 365 g/mol. The molecule has 1 heterocycles. The van der Waals surface area contributed by atoms with E-state index in [4.69, 9.17) is 0 Å². The molecular formula is C21H23N3O3. The molecule has 1 aliphatic heterocycles. The van der Waals surface area contributed by atoms with Crippen molar-refractivity contribution in [2.45, 2.75) is 32.2 Å². The highest BCUT2D eigenvalue weighted by Crippen LogP contribution is 2.33. The number of imide groups is 1. The summed E-state index contributed by atoms with van der Waals surface area (Å²) in [5.74, 6) is -0.803. The molecule has 1 saturated heterocycles. The van der Waals surface area contributed by atoms with Gasteiger partial charge in [-0.05, 0) is 31.0 Å². The van der Waals surface area contributed by atoms with E-state index in [1.165, 1.54) is 0 Å². The van der Waals surface area contributed by atoms with Crippen LogP contribution in [0.2, 0.25) is 0 Å². The number of aryl methyl sites for hydroxylation is 1. The normalized spacial score (nSPS) is 19.1. The largest absolute Gasteiger partial charge is 0.325 e. The van der Waals surface area contributed by atoms with Crippen LogP contribution in [0.5, 0.6) is 0 Å². The fourth-order valence-electron chi connectivity index (χ4n) is 3.36.